The number of hydrogen-bond donors (Lipinski definition) is 1. The number of fused-ring (bicyclic) bond motifs is 1. The van der Waals surface area contributed by atoms with Crippen LogP contribution < -0.4 is 0 Å². The first-order valence-corrected chi connectivity index (χ1v) is 6.59. The van der Waals surface area contributed by atoms with Gasteiger partial charge in [-0.2, -0.15) is 0 Å². The van der Waals surface area contributed by atoms with Crippen LogP contribution in [0.2, 0.25) is 5.02 Å². The van der Waals surface area contributed by atoms with Crippen molar-refractivity contribution in [2.24, 2.45) is 0 Å². The van der Waals surface area contributed by atoms with Gasteiger partial charge in [-0.3, -0.25) is 0 Å². The minimum atomic E-state index is -0.501. The lowest BCUT2D eigenvalue weighted by Crippen LogP contribution is -1.82. The van der Waals surface area contributed by atoms with Gasteiger partial charge in [-0.25, -0.2) is 9.37 Å². The van der Waals surface area contributed by atoms with Crippen molar-refractivity contribution < 1.29 is 4.39 Å². The summed E-state index contributed by atoms with van der Waals surface area (Å²) in [4.78, 5) is 7.33. The highest BCUT2D eigenvalue weighted by Crippen LogP contribution is 2.26. The van der Waals surface area contributed by atoms with Gasteiger partial charge in [-0.15, -0.1) is 11.6 Å². The van der Waals surface area contributed by atoms with Gasteiger partial charge in [0.1, 0.15) is 11.3 Å². The second kappa shape index (κ2) is 4.83. The van der Waals surface area contributed by atoms with Gasteiger partial charge >= 0.3 is 0 Å². The number of imidazole rings is 1. The molecule has 0 amide bonds. The lowest BCUT2D eigenvalue weighted by Gasteiger charge is -1.98. The fourth-order valence-electron chi connectivity index (χ4n) is 1.91. The van der Waals surface area contributed by atoms with E-state index in [9.17, 15) is 4.39 Å². The molecule has 2 nitrogen and oxygen atoms in total. The lowest BCUT2D eigenvalue weighted by atomic mass is 10.1. The van der Waals surface area contributed by atoms with Crippen LogP contribution in [-0.2, 0) is 5.88 Å². The zero-order valence-corrected chi connectivity index (χ0v) is 11.3. The van der Waals surface area contributed by atoms with E-state index < -0.39 is 5.82 Å². The van der Waals surface area contributed by atoms with Crippen molar-refractivity contribution in [3.63, 3.8) is 0 Å². The van der Waals surface area contributed by atoms with Gasteiger partial charge in [0.05, 0.1) is 10.5 Å². The molecule has 0 unspecified atom stereocenters. The fourth-order valence-corrected chi connectivity index (χ4v) is 2.24. The lowest BCUT2D eigenvalue weighted by molar-refractivity contribution is 0.638. The summed E-state index contributed by atoms with van der Waals surface area (Å²) in [5, 5.41) is 0.0723. The first-order chi connectivity index (χ1) is 9.19. The van der Waals surface area contributed by atoms with Crippen LogP contribution in [0.1, 0.15) is 5.56 Å². The third-order valence-electron chi connectivity index (χ3n) is 2.93. The molecule has 0 aliphatic heterocycles. The van der Waals surface area contributed by atoms with Crippen molar-refractivity contribution in [2.75, 3.05) is 0 Å². The van der Waals surface area contributed by atoms with Crippen molar-refractivity contribution in [3.8, 4) is 11.4 Å². The number of benzene rings is 2. The maximum atomic E-state index is 13.8. The van der Waals surface area contributed by atoms with Crippen molar-refractivity contribution >= 4 is 34.2 Å². The summed E-state index contributed by atoms with van der Waals surface area (Å²) in [5.74, 6) is 0.571. The molecule has 19 heavy (non-hydrogen) atoms. The molecule has 0 aliphatic rings. The maximum Gasteiger partial charge on any atom is 0.169 e. The number of halogens is 3. The average molecular weight is 295 g/mol. The van der Waals surface area contributed by atoms with E-state index in [1.165, 1.54) is 6.07 Å². The molecule has 0 fully saturated rings. The zero-order valence-electron chi connectivity index (χ0n) is 9.75. The molecule has 0 saturated carbocycles. The van der Waals surface area contributed by atoms with E-state index in [-0.39, 0.29) is 10.5 Å². The summed E-state index contributed by atoms with van der Waals surface area (Å²) in [5.41, 5.74) is 2.78. The summed E-state index contributed by atoms with van der Waals surface area (Å²) in [6.07, 6.45) is 0. The number of nitrogens with zero attached hydrogens (tertiary/aromatic N) is 1. The number of aromatic amines is 1. The molecule has 1 N–H and O–H groups in total. The molecule has 2 aromatic carbocycles. The SMILES string of the molecule is Fc1c(Cl)ccc2[nH]c(-c3ccc(CCl)cc3)nc12. The van der Waals surface area contributed by atoms with Crippen molar-refractivity contribution in [2.45, 2.75) is 5.88 Å². The molecule has 3 aromatic rings. The van der Waals surface area contributed by atoms with Crippen LogP contribution in [0.15, 0.2) is 36.4 Å². The molecular weight excluding hydrogens is 286 g/mol. The fraction of sp³-hybridized carbons (Fsp3) is 0.0714. The van der Waals surface area contributed by atoms with Gasteiger partial charge in [-0.1, -0.05) is 35.9 Å². The quantitative estimate of drug-likeness (QED) is 0.678. The smallest absolute Gasteiger partial charge is 0.169 e. The highest BCUT2D eigenvalue weighted by Gasteiger charge is 2.11. The maximum absolute atomic E-state index is 13.8. The van der Waals surface area contributed by atoms with Crippen LogP contribution in [0.3, 0.4) is 0 Å². The third kappa shape index (κ3) is 2.20. The predicted octanol–water partition coefficient (Wildman–Crippen LogP) is 4.76. The zero-order chi connectivity index (χ0) is 13.4. The van der Waals surface area contributed by atoms with E-state index in [2.05, 4.69) is 9.97 Å². The highest BCUT2D eigenvalue weighted by molar-refractivity contribution is 6.31. The second-order valence-electron chi connectivity index (χ2n) is 4.17. The van der Waals surface area contributed by atoms with E-state index in [0.717, 1.165) is 11.1 Å². The van der Waals surface area contributed by atoms with E-state index in [1.807, 2.05) is 24.3 Å². The summed E-state index contributed by atoms with van der Waals surface area (Å²) in [7, 11) is 0. The first kappa shape index (κ1) is 12.5. The summed E-state index contributed by atoms with van der Waals surface area (Å²) in [6, 6.07) is 10.9. The molecule has 5 heteroatoms. The minimum Gasteiger partial charge on any atom is -0.338 e. The molecule has 1 aromatic heterocycles. The van der Waals surface area contributed by atoms with E-state index in [4.69, 9.17) is 23.2 Å². The molecule has 0 atom stereocenters. The van der Waals surface area contributed by atoms with E-state index in [0.29, 0.717) is 17.2 Å². The largest absolute Gasteiger partial charge is 0.338 e. The van der Waals surface area contributed by atoms with Crippen LogP contribution in [-0.4, -0.2) is 9.97 Å². The van der Waals surface area contributed by atoms with E-state index in [1.54, 1.807) is 6.07 Å². The Balaban J connectivity index is 2.12. The topological polar surface area (TPSA) is 28.7 Å². The third-order valence-corrected chi connectivity index (χ3v) is 3.53. The molecule has 3 rings (SSSR count). The van der Waals surface area contributed by atoms with Crippen LogP contribution in [0.5, 0.6) is 0 Å². The number of alkyl halides is 1. The van der Waals surface area contributed by atoms with Gasteiger partial charge < -0.3 is 4.98 Å². The number of hydrogen-bond acceptors (Lipinski definition) is 1. The molecular formula is C14H9Cl2FN2. The van der Waals surface area contributed by atoms with Crippen LogP contribution in [0.4, 0.5) is 4.39 Å². The van der Waals surface area contributed by atoms with Crippen LogP contribution in [0.25, 0.3) is 22.4 Å². The Morgan fingerprint density at radius 3 is 2.53 bits per heavy atom. The molecule has 0 radical (unpaired) electrons. The van der Waals surface area contributed by atoms with Gasteiger partial charge in [-0.05, 0) is 17.7 Å². The molecule has 0 bridgehead atoms. The number of aromatic nitrogens is 2. The number of nitrogens with one attached hydrogen (secondary N) is 1. The van der Waals surface area contributed by atoms with Crippen molar-refractivity contribution in [1.29, 1.82) is 0 Å². The van der Waals surface area contributed by atoms with Crippen LogP contribution >= 0.6 is 23.2 Å². The number of H-pyrrole nitrogens is 1. The summed E-state index contributed by atoms with van der Waals surface area (Å²) in [6.45, 7) is 0. The van der Waals surface area contributed by atoms with Gasteiger partial charge in [0.25, 0.3) is 0 Å². The normalized spacial score (nSPS) is 11.1. The summed E-state index contributed by atoms with van der Waals surface area (Å²) >= 11 is 11.5. The molecule has 0 aliphatic carbocycles. The Bertz CT molecular complexity index is 735. The Hall–Kier alpha value is -1.58. The average Bonchev–Trinajstić information content (AvgIpc) is 2.88. The van der Waals surface area contributed by atoms with Gasteiger partial charge in [0.15, 0.2) is 5.82 Å². The number of rotatable bonds is 2. The standard InChI is InChI=1S/C14H9Cl2FN2/c15-7-8-1-3-9(4-2-8)14-18-11-6-5-10(16)12(17)13(11)19-14/h1-6H,7H2,(H,18,19). The van der Waals surface area contributed by atoms with Crippen molar-refractivity contribution in [1.82, 2.24) is 9.97 Å². The monoisotopic (exact) mass is 294 g/mol. The highest BCUT2D eigenvalue weighted by atomic mass is 35.5. The Morgan fingerprint density at radius 2 is 1.84 bits per heavy atom. The van der Waals surface area contributed by atoms with Crippen molar-refractivity contribution in [3.05, 3.63) is 52.8 Å². The Labute approximate surface area is 119 Å². The summed E-state index contributed by atoms with van der Waals surface area (Å²) < 4.78 is 13.8. The van der Waals surface area contributed by atoms with Gasteiger partial charge in [0.2, 0.25) is 0 Å². The Kier molecular flexibility index (Phi) is 3.17. The Morgan fingerprint density at radius 1 is 1.11 bits per heavy atom. The molecule has 0 spiro atoms. The van der Waals surface area contributed by atoms with E-state index >= 15 is 0 Å². The molecule has 1 heterocycles. The van der Waals surface area contributed by atoms with Crippen LogP contribution in [0, 0.1) is 5.82 Å². The first-order valence-electron chi connectivity index (χ1n) is 5.68. The minimum absolute atomic E-state index is 0.0723. The van der Waals surface area contributed by atoms with Gasteiger partial charge in [0, 0.05) is 11.4 Å². The molecule has 0 saturated heterocycles. The predicted molar refractivity (Wildman–Crippen MR) is 76.1 cm³/mol. The second-order valence-corrected chi connectivity index (χ2v) is 4.85. The molecule has 96 valence electrons.